The number of nitro benzene ring substituents is 1. The fourth-order valence-corrected chi connectivity index (χ4v) is 3.69. The molecule has 0 saturated carbocycles. The van der Waals surface area contributed by atoms with Crippen molar-refractivity contribution in [3.63, 3.8) is 0 Å². The molecule has 28 heavy (non-hydrogen) atoms. The number of halogens is 3. The summed E-state index contributed by atoms with van der Waals surface area (Å²) in [5, 5.41) is 13.7. The fraction of sp³-hybridized carbons (Fsp3) is 0.278. The molecule has 2 unspecified atom stereocenters. The van der Waals surface area contributed by atoms with E-state index in [9.17, 15) is 28.1 Å². The van der Waals surface area contributed by atoms with E-state index in [0.29, 0.717) is 11.3 Å². The highest BCUT2D eigenvalue weighted by Gasteiger charge is 2.50. The molecule has 2 aromatic carbocycles. The van der Waals surface area contributed by atoms with Gasteiger partial charge in [0.05, 0.1) is 22.2 Å². The second kappa shape index (κ2) is 5.85. The smallest absolute Gasteiger partial charge is 0.416 e. The number of carbonyl (C=O) groups excluding carboxylic acids is 1. The quantitative estimate of drug-likeness (QED) is 0.606. The molecule has 2 aliphatic rings. The van der Waals surface area contributed by atoms with Gasteiger partial charge in [-0.15, -0.1) is 0 Å². The highest BCUT2D eigenvalue weighted by molar-refractivity contribution is 5.95. The molecule has 146 valence electrons. The molecule has 2 aliphatic heterocycles. The number of amides is 2. The van der Waals surface area contributed by atoms with Crippen molar-refractivity contribution in [2.75, 3.05) is 4.90 Å². The van der Waals surface area contributed by atoms with Crippen molar-refractivity contribution in [2.45, 2.75) is 31.3 Å². The minimum Gasteiger partial charge on any atom is -0.467 e. The third-order valence-electron chi connectivity index (χ3n) is 4.90. The summed E-state index contributed by atoms with van der Waals surface area (Å²) in [4.78, 5) is 24.3. The van der Waals surface area contributed by atoms with E-state index in [2.05, 4.69) is 5.32 Å². The topological polar surface area (TPSA) is 84.7 Å². The minimum atomic E-state index is -4.55. The van der Waals surface area contributed by atoms with Gasteiger partial charge in [0.1, 0.15) is 5.75 Å². The van der Waals surface area contributed by atoms with Gasteiger partial charge in [0.25, 0.3) is 5.69 Å². The van der Waals surface area contributed by atoms with E-state index in [1.807, 2.05) is 0 Å². The molecule has 0 aromatic heterocycles. The lowest BCUT2D eigenvalue weighted by atomic mass is 9.89. The summed E-state index contributed by atoms with van der Waals surface area (Å²) in [6.07, 6.45) is -4.34. The lowest BCUT2D eigenvalue weighted by Crippen LogP contribution is -2.65. The molecule has 1 fully saturated rings. The predicted molar refractivity (Wildman–Crippen MR) is 91.9 cm³/mol. The zero-order valence-electron chi connectivity index (χ0n) is 14.5. The Morgan fingerprint density at radius 1 is 1.29 bits per heavy atom. The zero-order valence-corrected chi connectivity index (χ0v) is 14.5. The van der Waals surface area contributed by atoms with Gasteiger partial charge in [-0.1, -0.05) is 6.07 Å². The molecule has 2 atom stereocenters. The number of nitrogens with one attached hydrogen (secondary N) is 1. The standard InChI is InChI=1S/C18H14F3N3O4/c1-17-9-14(13-8-12(24(26)27)5-6-15(13)28-17)22-16(25)23(17)11-4-2-3-10(7-11)18(19,20)21/h2-8,14H,9H2,1H3,(H,22,25). The van der Waals surface area contributed by atoms with Gasteiger partial charge < -0.3 is 10.1 Å². The molecule has 2 aromatic rings. The van der Waals surface area contributed by atoms with Gasteiger partial charge in [-0.3, -0.25) is 15.0 Å². The molecular weight excluding hydrogens is 379 g/mol. The van der Waals surface area contributed by atoms with Gasteiger partial charge in [-0.25, -0.2) is 4.79 Å². The van der Waals surface area contributed by atoms with Crippen LogP contribution in [0.2, 0.25) is 0 Å². The molecule has 2 heterocycles. The number of ether oxygens (including phenoxy) is 1. The number of nitrogens with zero attached hydrogens (tertiary/aromatic N) is 2. The molecular formula is C18H14F3N3O4. The number of fused-ring (bicyclic) bond motifs is 4. The molecule has 10 heteroatoms. The number of urea groups is 1. The van der Waals surface area contributed by atoms with Gasteiger partial charge in [-0.05, 0) is 31.2 Å². The Bertz CT molecular complexity index is 994. The fourth-order valence-electron chi connectivity index (χ4n) is 3.69. The van der Waals surface area contributed by atoms with E-state index in [4.69, 9.17) is 4.74 Å². The van der Waals surface area contributed by atoms with E-state index in [0.717, 1.165) is 17.0 Å². The number of rotatable bonds is 2. The molecule has 7 nitrogen and oxygen atoms in total. The SMILES string of the molecule is CC12CC(NC(=O)N1c1cccc(C(F)(F)F)c1)c1cc([N+](=O)[O-])ccc1O2. The van der Waals surface area contributed by atoms with Crippen molar-refractivity contribution in [1.29, 1.82) is 0 Å². The second-order valence-electron chi connectivity index (χ2n) is 6.85. The van der Waals surface area contributed by atoms with Crippen LogP contribution in [-0.4, -0.2) is 16.7 Å². The molecule has 2 amide bonds. The largest absolute Gasteiger partial charge is 0.467 e. The van der Waals surface area contributed by atoms with Crippen LogP contribution in [0, 0.1) is 10.1 Å². The van der Waals surface area contributed by atoms with Gasteiger partial charge >= 0.3 is 12.2 Å². The van der Waals surface area contributed by atoms with Crippen LogP contribution in [0.25, 0.3) is 0 Å². The number of alkyl halides is 3. The van der Waals surface area contributed by atoms with Gasteiger partial charge in [0.15, 0.2) is 5.72 Å². The van der Waals surface area contributed by atoms with Crippen LogP contribution in [-0.2, 0) is 6.18 Å². The third-order valence-corrected chi connectivity index (χ3v) is 4.90. The van der Waals surface area contributed by atoms with E-state index in [-0.39, 0.29) is 17.8 Å². The molecule has 0 aliphatic carbocycles. The Hall–Kier alpha value is -3.30. The van der Waals surface area contributed by atoms with Crippen LogP contribution in [0.3, 0.4) is 0 Å². The number of nitro groups is 1. The molecule has 1 N–H and O–H groups in total. The number of hydrogen-bond donors (Lipinski definition) is 1. The Morgan fingerprint density at radius 2 is 2.04 bits per heavy atom. The number of carbonyl (C=O) groups is 1. The first-order valence-corrected chi connectivity index (χ1v) is 8.34. The lowest BCUT2D eigenvalue weighted by molar-refractivity contribution is -0.385. The summed E-state index contributed by atoms with van der Waals surface area (Å²) < 4.78 is 45.2. The Morgan fingerprint density at radius 3 is 2.71 bits per heavy atom. The Labute approximate surface area is 156 Å². The first-order valence-electron chi connectivity index (χ1n) is 8.34. The van der Waals surface area contributed by atoms with E-state index in [1.165, 1.54) is 30.3 Å². The third kappa shape index (κ3) is 2.81. The monoisotopic (exact) mass is 393 g/mol. The number of benzene rings is 2. The summed E-state index contributed by atoms with van der Waals surface area (Å²) in [6, 6.07) is 7.28. The van der Waals surface area contributed by atoms with Crippen LogP contribution in [0.5, 0.6) is 5.75 Å². The molecule has 1 saturated heterocycles. The first kappa shape index (κ1) is 18.1. The van der Waals surface area contributed by atoms with Crippen molar-refractivity contribution in [3.05, 3.63) is 63.7 Å². The van der Waals surface area contributed by atoms with E-state index >= 15 is 0 Å². The van der Waals surface area contributed by atoms with Crippen LogP contribution >= 0.6 is 0 Å². The summed E-state index contributed by atoms with van der Waals surface area (Å²) in [5.74, 6) is 0.335. The summed E-state index contributed by atoms with van der Waals surface area (Å²) in [6.45, 7) is 1.60. The summed E-state index contributed by atoms with van der Waals surface area (Å²) >= 11 is 0. The normalized spacial score (nSPS) is 23.5. The maximum absolute atomic E-state index is 13.1. The summed E-state index contributed by atoms with van der Waals surface area (Å²) in [7, 11) is 0. The minimum absolute atomic E-state index is 0.0404. The highest BCUT2D eigenvalue weighted by Crippen LogP contribution is 2.46. The Balaban J connectivity index is 1.76. The molecule has 0 radical (unpaired) electrons. The molecule has 4 rings (SSSR count). The van der Waals surface area contributed by atoms with Crippen molar-refractivity contribution >= 4 is 17.4 Å². The first-order chi connectivity index (χ1) is 13.1. The molecule has 0 spiro atoms. The average Bonchev–Trinajstić information content (AvgIpc) is 2.60. The summed E-state index contributed by atoms with van der Waals surface area (Å²) in [5.41, 5.74) is -1.77. The highest BCUT2D eigenvalue weighted by atomic mass is 19.4. The van der Waals surface area contributed by atoms with Crippen LogP contribution < -0.4 is 15.0 Å². The number of hydrogen-bond acceptors (Lipinski definition) is 4. The predicted octanol–water partition coefficient (Wildman–Crippen LogP) is 4.38. The van der Waals surface area contributed by atoms with Crippen LogP contribution in [0.1, 0.15) is 30.5 Å². The van der Waals surface area contributed by atoms with Gasteiger partial charge in [0.2, 0.25) is 0 Å². The van der Waals surface area contributed by atoms with Crippen LogP contribution in [0.15, 0.2) is 42.5 Å². The number of non-ortho nitro benzene ring substituents is 1. The van der Waals surface area contributed by atoms with Crippen molar-refractivity contribution in [2.24, 2.45) is 0 Å². The number of anilines is 1. The molecule has 2 bridgehead atoms. The zero-order chi connectivity index (χ0) is 20.3. The van der Waals surface area contributed by atoms with E-state index < -0.39 is 34.5 Å². The van der Waals surface area contributed by atoms with Gasteiger partial charge in [-0.2, -0.15) is 13.2 Å². The Kier molecular flexibility index (Phi) is 3.78. The average molecular weight is 393 g/mol. The van der Waals surface area contributed by atoms with Crippen LogP contribution in [0.4, 0.5) is 29.3 Å². The van der Waals surface area contributed by atoms with E-state index in [1.54, 1.807) is 6.92 Å². The second-order valence-corrected chi connectivity index (χ2v) is 6.85. The van der Waals surface area contributed by atoms with Crippen molar-refractivity contribution < 1.29 is 27.6 Å². The van der Waals surface area contributed by atoms with Crippen molar-refractivity contribution in [1.82, 2.24) is 5.32 Å². The van der Waals surface area contributed by atoms with Crippen molar-refractivity contribution in [3.8, 4) is 5.75 Å². The lowest BCUT2D eigenvalue weighted by Gasteiger charge is -2.50. The maximum Gasteiger partial charge on any atom is 0.416 e. The maximum atomic E-state index is 13.1. The van der Waals surface area contributed by atoms with Gasteiger partial charge in [0, 0.05) is 24.1 Å².